The van der Waals surface area contributed by atoms with Crippen molar-refractivity contribution in [1.29, 1.82) is 0 Å². The Hall–Kier alpha value is -1.07. The molecule has 15 heavy (non-hydrogen) atoms. The standard InChI is InChI=1S/C10H10BrNO3/c1-6-7(4-5-13)12-10(14-6)8-2-3-9(11)15-8/h2-3,13H,4-5H2,1H3. The summed E-state index contributed by atoms with van der Waals surface area (Å²) in [5.74, 6) is 1.74. The van der Waals surface area contributed by atoms with E-state index in [1.807, 2.05) is 6.92 Å². The number of aliphatic hydroxyl groups excluding tert-OH is 1. The lowest BCUT2D eigenvalue weighted by molar-refractivity contribution is 0.297. The van der Waals surface area contributed by atoms with E-state index in [0.29, 0.717) is 28.5 Å². The molecule has 0 atom stereocenters. The lowest BCUT2D eigenvalue weighted by Crippen LogP contribution is -1.92. The van der Waals surface area contributed by atoms with Gasteiger partial charge in [0.05, 0.1) is 5.69 Å². The maximum atomic E-state index is 8.82. The topological polar surface area (TPSA) is 59.4 Å². The third-order valence-corrected chi connectivity index (χ3v) is 2.45. The minimum Gasteiger partial charge on any atom is -0.444 e. The molecule has 0 aliphatic rings. The van der Waals surface area contributed by atoms with Gasteiger partial charge in [0.2, 0.25) is 0 Å². The van der Waals surface area contributed by atoms with Gasteiger partial charge in [-0.05, 0) is 35.0 Å². The summed E-state index contributed by atoms with van der Waals surface area (Å²) in [5, 5.41) is 8.82. The molecule has 4 nitrogen and oxygen atoms in total. The van der Waals surface area contributed by atoms with E-state index in [-0.39, 0.29) is 6.61 Å². The Morgan fingerprint density at radius 1 is 1.40 bits per heavy atom. The van der Waals surface area contributed by atoms with Crippen molar-refractivity contribution in [2.24, 2.45) is 0 Å². The summed E-state index contributed by atoms with van der Waals surface area (Å²) < 4.78 is 11.4. The van der Waals surface area contributed by atoms with Gasteiger partial charge in [0.1, 0.15) is 5.76 Å². The molecule has 2 rings (SSSR count). The van der Waals surface area contributed by atoms with Crippen molar-refractivity contribution >= 4 is 15.9 Å². The van der Waals surface area contributed by atoms with Gasteiger partial charge in [0.25, 0.3) is 5.89 Å². The van der Waals surface area contributed by atoms with E-state index < -0.39 is 0 Å². The van der Waals surface area contributed by atoms with Gasteiger partial charge in [-0.25, -0.2) is 4.98 Å². The number of aryl methyl sites for hydroxylation is 1. The van der Waals surface area contributed by atoms with Crippen LogP contribution in [0.25, 0.3) is 11.7 Å². The number of nitrogens with zero attached hydrogens (tertiary/aromatic N) is 1. The quantitative estimate of drug-likeness (QED) is 0.932. The van der Waals surface area contributed by atoms with Crippen molar-refractivity contribution in [3.05, 3.63) is 28.3 Å². The van der Waals surface area contributed by atoms with Crippen LogP contribution >= 0.6 is 15.9 Å². The van der Waals surface area contributed by atoms with E-state index in [1.165, 1.54) is 0 Å². The maximum absolute atomic E-state index is 8.82. The van der Waals surface area contributed by atoms with Crippen molar-refractivity contribution in [2.45, 2.75) is 13.3 Å². The molecule has 0 aromatic carbocycles. The van der Waals surface area contributed by atoms with Gasteiger partial charge in [-0.3, -0.25) is 0 Å². The first kappa shape index (κ1) is 10.4. The molecule has 0 amide bonds. The molecule has 2 aromatic rings. The highest BCUT2D eigenvalue weighted by molar-refractivity contribution is 9.10. The molecule has 0 unspecified atom stereocenters. The molecule has 0 spiro atoms. The Bertz CT molecular complexity index is 461. The second kappa shape index (κ2) is 4.20. The Kier molecular flexibility index (Phi) is 2.93. The average Bonchev–Trinajstić information content (AvgIpc) is 2.75. The number of furan rings is 1. The van der Waals surface area contributed by atoms with Gasteiger partial charge in [-0.15, -0.1) is 0 Å². The second-order valence-electron chi connectivity index (χ2n) is 3.10. The molecule has 0 fully saturated rings. The molecule has 2 aromatic heterocycles. The van der Waals surface area contributed by atoms with Gasteiger partial charge in [-0.2, -0.15) is 0 Å². The summed E-state index contributed by atoms with van der Waals surface area (Å²) >= 11 is 3.21. The van der Waals surface area contributed by atoms with Gasteiger partial charge in [0.15, 0.2) is 10.4 Å². The lowest BCUT2D eigenvalue weighted by atomic mass is 10.3. The van der Waals surface area contributed by atoms with Crippen LogP contribution in [0.4, 0.5) is 0 Å². The molecular weight excluding hydrogens is 262 g/mol. The van der Waals surface area contributed by atoms with Crippen LogP contribution in [0.5, 0.6) is 0 Å². The molecule has 0 bridgehead atoms. The van der Waals surface area contributed by atoms with Gasteiger partial charge < -0.3 is 13.9 Å². The minimum absolute atomic E-state index is 0.0641. The zero-order valence-electron chi connectivity index (χ0n) is 8.16. The number of aliphatic hydroxyl groups is 1. The lowest BCUT2D eigenvalue weighted by Gasteiger charge is -1.88. The third-order valence-electron chi connectivity index (χ3n) is 2.03. The summed E-state index contributed by atoms with van der Waals surface area (Å²) in [4.78, 5) is 4.24. The van der Waals surface area contributed by atoms with Crippen molar-refractivity contribution in [3.63, 3.8) is 0 Å². The summed E-state index contributed by atoms with van der Waals surface area (Å²) in [6.07, 6.45) is 0.497. The fourth-order valence-corrected chi connectivity index (χ4v) is 1.61. The molecule has 1 N–H and O–H groups in total. The highest BCUT2D eigenvalue weighted by Gasteiger charge is 2.13. The van der Waals surface area contributed by atoms with Crippen LogP contribution in [0.15, 0.2) is 25.6 Å². The summed E-state index contributed by atoms with van der Waals surface area (Å²) in [6, 6.07) is 3.55. The Morgan fingerprint density at radius 3 is 2.80 bits per heavy atom. The largest absolute Gasteiger partial charge is 0.444 e. The summed E-state index contributed by atoms with van der Waals surface area (Å²) in [5.41, 5.74) is 0.764. The van der Waals surface area contributed by atoms with Crippen LogP contribution in [-0.4, -0.2) is 16.7 Å². The average molecular weight is 272 g/mol. The van der Waals surface area contributed by atoms with Crippen LogP contribution < -0.4 is 0 Å². The number of oxazole rings is 1. The fraction of sp³-hybridized carbons (Fsp3) is 0.300. The van der Waals surface area contributed by atoms with E-state index in [1.54, 1.807) is 12.1 Å². The zero-order valence-corrected chi connectivity index (χ0v) is 9.74. The van der Waals surface area contributed by atoms with E-state index in [4.69, 9.17) is 13.9 Å². The SMILES string of the molecule is Cc1oc(-c2ccc(Br)o2)nc1CCO. The van der Waals surface area contributed by atoms with E-state index in [0.717, 1.165) is 5.69 Å². The Balaban J connectivity index is 2.33. The number of aromatic nitrogens is 1. The Labute approximate surface area is 95.1 Å². The summed E-state index contributed by atoms with van der Waals surface area (Å²) in [7, 11) is 0. The summed E-state index contributed by atoms with van der Waals surface area (Å²) in [6.45, 7) is 1.88. The highest BCUT2D eigenvalue weighted by Crippen LogP contribution is 2.26. The number of rotatable bonds is 3. The maximum Gasteiger partial charge on any atom is 0.263 e. The molecular formula is C10H10BrNO3. The molecule has 0 saturated carbocycles. The van der Waals surface area contributed by atoms with Gasteiger partial charge in [-0.1, -0.05) is 0 Å². The monoisotopic (exact) mass is 271 g/mol. The van der Waals surface area contributed by atoms with Crippen LogP contribution in [0.2, 0.25) is 0 Å². The van der Waals surface area contributed by atoms with Gasteiger partial charge in [0, 0.05) is 13.0 Å². The van der Waals surface area contributed by atoms with Crippen molar-refractivity contribution in [2.75, 3.05) is 6.61 Å². The molecule has 0 aliphatic heterocycles. The molecule has 0 aliphatic carbocycles. The van der Waals surface area contributed by atoms with E-state index >= 15 is 0 Å². The van der Waals surface area contributed by atoms with Crippen LogP contribution in [0.1, 0.15) is 11.5 Å². The highest BCUT2D eigenvalue weighted by atomic mass is 79.9. The third kappa shape index (κ3) is 2.13. The molecule has 80 valence electrons. The molecule has 2 heterocycles. The normalized spacial score (nSPS) is 10.9. The number of hydrogen-bond acceptors (Lipinski definition) is 4. The first-order chi connectivity index (χ1) is 7.20. The first-order valence-electron chi connectivity index (χ1n) is 4.53. The first-order valence-corrected chi connectivity index (χ1v) is 5.33. The predicted octanol–water partition coefficient (Wildman–Crippen LogP) is 2.54. The van der Waals surface area contributed by atoms with Crippen molar-refractivity contribution in [1.82, 2.24) is 4.98 Å². The van der Waals surface area contributed by atoms with Gasteiger partial charge >= 0.3 is 0 Å². The minimum atomic E-state index is 0.0641. The molecule has 0 saturated heterocycles. The second-order valence-corrected chi connectivity index (χ2v) is 3.88. The van der Waals surface area contributed by atoms with E-state index in [2.05, 4.69) is 20.9 Å². The van der Waals surface area contributed by atoms with Crippen LogP contribution in [-0.2, 0) is 6.42 Å². The van der Waals surface area contributed by atoms with Crippen molar-refractivity contribution < 1.29 is 13.9 Å². The fourth-order valence-electron chi connectivity index (χ4n) is 1.30. The Morgan fingerprint density at radius 2 is 2.20 bits per heavy atom. The number of hydrogen-bond donors (Lipinski definition) is 1. The molecule has 5 heteroatoms. The van der Waals surface area contributed by atoms with Crippen molar-refractivity contribution in [3.8, 4) is 11.7 Å². The van der Waals surface area contributed by atoms with Crippen LogP contribution in [0, 0.1) is 6.92 Å². The molecule has 0 radical (unpaired) electrons. The van der Waals surface area contributed by atoms with Crippen LogP contribution in [0.3, 0.4) is 0 Å². The smallest absolute Gasteiger partial charge is 0.263 e. The van der Waals surface area contributed by atoms with E-state index in [9.17, 15) is 0 Å². The number of halogens is 1. The predicted molar refractivity (Wildman–Crippen MR) is 57.4 cm³/mol. The zero-order chi connectivity index (χ0) is 10.8.